The van der Waals surface area contributed by atoms with Gasteiger partial charge in [0.05, 0.1) is 11.6 Å². The highest BCUT2D eigenvalue weighted by Gasteiger charge is 2.31. The molecule has 1 aliphatic rings. The van der Waals surface area contributed by atoms with Crippen molar-refractivity contribution in [3.63, 3.8) is 0 Å². The van der Waals surface area contributed by atoms with E-state index in [4.69, 9.17) is 11.6 Å². The lowest BCUT2D eigenvalue weighted by Crippen LogP contribution is -2.26. The van der Waals surface area contributed by atoms with Crippen LogP contribution in [0, 0.1) is 12.8 Å². The minimum absolute atomic E-state index is 0.475. The molecule has 98 valence electrons. The maximum absolute atomic E-state index is 6.06. The molecule has 0 spiro atoms. The second kappa shape index (κ2) is 4.26. The van der Waals surface area contributed by atoms with Gasteiger partial charge >= 0.3 is 0 Å². The molecule has 0 amide bonds. The van der Waals surface area contributed by atoms with Crippen LogP contribution in [0.5, 0.6) is 0 Å². The number of halogens is 1. The molecule has 5 heteroatoms. The molecular weight excluding hydrogens is 248 g/mol. The lowest BCUT2D eigenvalue weighted by atomic mass is 9.81. The largest absolute Gasteiger partial charge is 0.309 e. The predicted molar refractivity (Wildman–Crippen MR) is 72.9 cm³/mol. The van der Waals surface area contributed by atoms with Gasteiger partial charge in [-0.15, -0.1) is 11.6 Å². The summed E-state index contributed by atoms with van der Waals surface area (Å²) >= 11 is 6.06. The quantitative estimate of drug-likeness (QED) is 0.800. The van der Waals surface area contributed by atoms with Crippen LogP contribution in [0.4, 0.5) is 0 Å². The van der Waals surface area contributed by atoms with E-state index in [1.165, 1.54) is 12.8 Å². The van der Waals surface area contributed by atoms with Crippen molar-refractivity contribution < 1.29 is 0 Å². The van der Waals surface area contributed by atoms with E-state index in [9.17, 15) is 0 Å². The molecule has 0 radical (unpaired) electrons. The zero-order valence-electron chi connectivity index (χ0n) is 11.1. The van der Waals surface area contributed by atoms with Crippen molar-refractivity contribution in [2.75, 3.05) is 0 Å². The van der Waals surface area contributed by atoms with Crippen molar-refractivity contribution in [3.8, 4) is 0 Å². The van der Waals surface area contributed by atoms with Crippen molar-refractivity contribution in [1.29, 1.82) is 0 Å². The Bertz CT molecular complexity index is 577. The first kappa shape index (κ1) is 12.0. The lowest BCUT2D eigenvalue weighted by Gasteiger charge is -2.35. The van der Waals surface area contributed by atoms with Gasteiger partial charge in [-0.25, -0.2) is 9.67 Å². The highest BCUT2D eigenvalue weighted by atomic mass is 35.5. The third-order valence-corrected chi connectivity index (χ3v) is 4.19. The monoisotopic (exact) mass is 266 g/mol. The van der Waals surface area contributed by atoms with Crippen LogP contribution in [0.25, 0.3) is 11.2 Å². The van der Waals surface area contributed by atoms with Crippen LogP contribution < -0.4 is 0 Å². The Morgan fingerprint density at radius 1 is 1.39 bits per heavy atom. The normalized spacial score (nSPS) is 23.6. The maximum atomic E-state index is 6.06. The number of hydrogen-bond acceptors (Lipinski definition) is 2. The SMILES string of the molecule is CCn1nc(C)c2nc(CCl)n(C3CC(C)C3)c21. The molecule has 0 N–H and O–H groups in total. The first-order valence-electron chi connectivity index (χ1n) is 6.65. The summed E-state index contributed by atoms with van der Waals surface area (Å²) in [5.41, 5.74) is 3.18. The fraction of sp³-hybridized carbons (Fsp3) is 0.692. The number of aromatic nitrogens is 4. The van der Waals surface area contributed by atoms with E-state index < -0.39 is 0 Å². The van der Waals surface area contributed by atoms with Crippen molar-refractivity contribution in [2.24, 2.45) is 5.92 Å². The van der Waals surface area contributed by atoms with Crippen molar-refractivity contribution in [1.82, 2.24) is 19.3 Å². The number of aryl methyl sites for hydroxylation is 2. The number of rotatable bonds is 3. The number of hydrogen-bond donors (Lipinski definition) is 0. The molecule has 4 nitrogen and oxygen atoms in total. The third-order valence-electron chi connectivity index (χ3n) is 3.95. The van der Waals surface area contributed by atoms with Gasteiger partial charge in [-0.05, 0) is 32.6 Å². The second-order valence-electron chi connectivity index (χ2n) is 5.34. The summed E-state index contributed by atoms with van der Waals surface area (Å²) < 4.78 is 4.38. The summed E-state index contributed by atoms with van der Waals surface area (Å²) in [5.74, 6) is 2.28. The topological polar surface area (TPSA) is 35.6 Å². The molecule has 3 rings (SSSR count). The van der Waals surface area contributed by atoms with Gasteiger partial charge in [0.25, 0.3) is 0 Å². The van der Waals surface area contributed by atoms with Gasteiger partial charge in [0, 0.05) is 12.6 Å². The highest BCUT2D eigenvalue weighted by Crippen LogP contribution is 2.40. The van der Waals surface area contributed by atoms with Gasteiger partial charge in [0.2, 0.25) is 0 Å². The van der Waals surface area contributed by atoms with Crippen LogP contribution in [0.15, 0.2) is 0 Å². The minimum atomic E-state index is 0.475. The Hall–Kier alpha value is -1.03. The van der Waals surface area contributed by atoms with Gasteiger partial charge in [-0.2, -0.15) is 5.10 Å². The molecule has 2 heterocycles. The van der Waals surface area contributed by atoms with Crippen molar-refractivity contribution in [3.05, 3.63) is 11.5 Å². The van der Waals surface area contributed by atoms with Crippen LogP contribution in [-0.4, -0.2) is 19.3 Å². The first-order chi connectivity index (χ1) is 8.65. The zero-order chi connectivity index (χ0) is 12.9. The highest BCUT2D eigenvalue weighted by molar-refractivity contribution is 6.16. The average molecular weight is 267 g/mol. The van der Waals surface area contributed by atoms with E-state index in [-0.39, 0.29) is 0 Å². The maximum Gasteiger partial charge on any atom is 0.159 e. The number of nitrogens with zero attached hydrogens (tertiary/aromatic N) is 4. The summed E-state index contributed by atoms with van der Waals surface area (Å²) in [6, 6.07) is 0.556. The van der Waals surface area contributed by atoms with Crippen molar-refractivity contribution in [2.45, 2.75) is 52.1 Å². The van der Waals surface area contributed by atoms with Gasteiger partial charge in [0.1, 0.15) is 11.3 Å². The number of imidazole rings is 1. The summed E-state index contributed by atoms with van der Waals surface area (Å²) in [6.45, 7) is 7.31. The molecule has 0 saturated heterocycles. The van der Waals surface area contributed by atoms with E-state index in [0.29, 0.717) is 11.9 Å². The fourth-order valence-electron chi connectivity index (χ4n) is 3.00. The first-order valence-corrected chi connectivity index (χ1v) is 7.19. The fourth-order valence-corrected chi connectivity index (χ4v) is 3.19. The Labute approximate surface area is 112 Å². The molecule has 2 aromatic rings. The van der Waals surface area contributed by atoms with E-state index in [2.05, 4.69) is 33.2 Å². The molecule has 1 saturated carbocycles. The minimum Gasteiger partial charge on any atom is -0.309 e. The average Bonchev–Trinajstić information content (AvgIpc) is 2.83. The molecule has 1 fully saturated rings. The Balaban J connectivity index is 2.19. The van der Waals surface area contributed by atoms with Crippen LogP contribution in [0.2, 0.25) is 0 Å². The van der Waals surface area contributed by atoms with Crippen LogP contribution >= 0.6 is 11.6 Å². The predicted octanol–water partition coefficient (Wildman–Crippen LogP) is 3.27. The molecule has 2 aromatic heterocycles. The van der Waals surface area contributed by atoms with Crippen molar-refractivity contribution >= 4 is 22.8 Å². The molecule has 0 aliphatic heterocycles. The Morgan fingerprint density at radius 3 is 2.67 bits per heavy atom. The molecule has 18 heavy (non-hydrogen) atoms. The zero-order valence-corrected chi connectivity index (χ0v) is 11.9. The van der Waals surface area contributed by atoms with Gasteiger partial charge in [-0.3, -0.25) is 0 Å². The van der Waals surface area contributed by atoms with Crippen LogP contribution in [-0.2, 0) is 12.4 Å². The summed E-state index contributed by atoms with van der Waals surface area (Å²) in [4.78, 5) is 4.67. The second-order valence-corrected chi connectivity index (χ2v) is 5.60. The van der Waals surface area contributed by atoms with E-state index in [0.717, 1.165) is 35.1 Å². The molecule has 0 aromatic carbocycles. The van der Waals surface area contributed by atoms with E-state index >= 15 is 0 Å². The molecular formula is C13H19ClN4. The van der Waals surface area contributed by atoms with E-state index in [1.807, 2.05) is 6.92 Å². The van der Waals surface area contributed by atoms with Crippen LogP contribution in [0.3, 0.4) is 0 Å². The summed E-state index contributed by atoms with van der Waals surface area (Å²) in [5, 5.41) is 4.55. The van der Waals surface area contributed by atoms with Gasteiger partial charge in [-0.1, -0.05) is 6.92 Å². The lowest BCUT2D eigenvalue weighted by molar-refractivity contribution is 0.215. The van der Waals surface area contributed by atoms with Gasteiger partial charge < -0.3 is 4.57 Å². The third kappa shape index (κ3) is 1.58. The smallest absolute Gasteiger partial charge is 0.159 e. The Morgan fingerprint density at radius 2 is 2.11 bits per heavy atom. The summed E-state index contributed by atoms with van der Waals surface area (Å²) in [6.07, 6.45) is 2.45. The number of alkyl halides is 1. The molecule has 0 bridgehead atoms. The van der Waals surface area contributed by atoms with Gasteiger partial charge in [0.15, 0.2) is 5.65 Å². The molecule has 1 aliphatic carbocycles. The standard InChI is InChI=1S/C13H19ClN4/c1-4-17-13-12(9(3)16-17)15-11(7-14)18(13)10-5-8(2)6-10/h8,10H,4-7H2,1-3H3. The summed E-state index contributed by atoms with van der Waals surface area (Å²) in [7, 11) is 0. The molecule has 0 atom stereocenters. The van der Waals surface area contributed by atoms with Crippen LogP contribution in [0.1, 0.15) is 44.2 Å². The van der Waals surface area contributed by atoms with E-state index in [1.54, 1.807) is 0 Å². The molecule has 0 unspecified atom stereocenters. The number of fused-ring (bicyclic) bond motifs is 1. The Kier molecular flexibility index (Phi) is 2.85.